The normalized spacial score (nSPS) is 21.6. The summed E-state index contributed by atoms with van der Waals surface area (Å²) in [6, 6.07) is 6.05. The van der Waals surface area contributed by atoms with Crippen molar-refractivity contribution >= 4 is 18.0 Å². The molecular formula is C17H21NO3. The van der Waals surface area contributed by atoms with E-state index in [-0.39, 0.29) is 17.9 Å². The van der Waals surface area contributed by atoms with Gasteiger partial charge in [-0.25, -0.2) is 0 Å². The molecule has 2 N–H and O–H groups in total. The number of hydrogen-bond acceptors (Lipinski definition) is 2. The number of aliphatic carboxylic acids is 1. The fourth-order valence-electron chi connectivity index (χ4n) is 2.76. The third-order valence-corrected chi connectivity index (χ3v) is 3.97. The third kappa shape index (κ3) is 4.18. The zero-order chi connectivity index (χ0) is 15.4. The Bertz CT molecular complexity index is 577. The highest BCUT2D eigenvalue weighted by Crippen LogP contribution is 2.25. The van der Waals surface area contributed by atoms with Gasteiger partial charge < -0.3 is 10.4 Å². The summed E-state index contributed by atoms with van der Waals surface area (Å²) in [5.41, 5.74) is 3.34. The predicted octanol–water partition coefficient (Wildman–Crippen LogP) is 2.69. The van der Waals surface area contributed by atoms with Crippen LogP contribution in [0.4, 0.5) is 0 Å². The minimum absolute atomic E-state index is 0.0256. The number of rotatable bonds is 4. The lowest BCUT2D eigenvalue weighted by Gasteiger charge is -2.10. The van der Waals surface area contributed by atoms with Crippen molar-refractivity contribution in [2.45, 2.75) is 39.2 Å². The second-order valence-electron chi connectivity index (χ2n) is 5.75. The third-order valence-electron chi connectivity index (χ3n) is 3.97. The maximum atomic E-state index is 11.9. The summed E-state index contributed by atoms with van der Waals surface area (Å²) >= 11 is 0. The van der Waals surface area contributed by atoms with E-state index < -0.39 is 5.97 Å². The standard InChI is InChI=1S/C17H21NO3/c1-11-3-4-13(12(2)9-11)6-8-16(19)18-15-7-5-14(10-15)17(20)21/h3-4,6,8-9,14-15H,5,7,10H2,1-2H3,(H,18,19)(H,20,21)/b8-6+/t14-,15+/m1/s1. The molecule has 0 bridgehead atoms. The Morgan fingerprint density at radius 3 is 2.67 bits per heavy atom. The maximum Gasteiger partial charge on any atom is 0.306 e. The molecule has 1 saturated carbocycles. The van der Waals surface area contributed by atoms with Gasteiger partial charge in [-0.15, -0.1) is 0 Å². The average Bonchev–Trinajstić information content (AvgIpc) is 2.86. The van der Waals surface area contributed by atoms with Crippen LogP contribution in [-0.2, 0) is 9.59 Å². The number of carboxylic acids is 1. The zero-order valence-electron chi connectivity index (χ0n) is 12.4. The van der Waals surface area contributed by atoms with Crippen molar-refractivity contribution in [3.05, 3.63) is 41.0 Å². The van der Waals surface area contributed by atoms with Crippen LogP contribution in [0.3, 0.4) is 0 Å². The van der Waals surface area contributed by atoms with Crippen molar-refractivity contribution in [3.63, 3.8) is 0 Å². The van der Waals surface area contributed by atoms with Gasteiger partial charge in [-0.1, -0.05) is 23.8 Å². The van der Waals surface area contributed by atoms with Gasteiger partial charge in [0.2, 0.25) is 5.91 Å². The fraction of sp³-hybridized carbons (Fsp3) is 0.412. The largest absolute Gasteiger partial charge is 0.481 e. The molecule has 2 rings (SSSR count). The van der Waals surface area contributed by atoms with Gasteiger partial charge >= 0.3 is 5.97 Å². The Kier molecular flexibility index (Phi) is 4.78. The lowest BCUT2D eigenvalue weighted by molar-refractivity contribution is -0.141. The number of benzene rings is 1. The highest BCUT2D eigenvalue weighted by Gasteiger charge is 2.30. The smallest absolute Gasteiger partial charge is 0.306 e. The minimum atomic E-state index is -0.766. The Labute approximate surface area is 124 Å². The molecule has 0 radical (unpaired) electrons. The van der Waals surface area contributed by atoms with Gasteiger partial charge in [0.05, 0.1) is 5.92 Å². The van der Waals surface area contributed by atoms with Crippen molar-refractivity contribution in [2.75, 3.05) is 0 Å². The lowest BCUT2D eigenvalue weighted by atomic mass is 10.1. The van der Waals surface area contributed by atoms with Crippen molar-refractivity contribution in [1.29, 1.82) is 0 Å². The summed E-state index contributed by atoms with van der Waals surface area (Å²) in [5.74, 6) is -1.25. The molecule has 4 heteroatoms. The molecular weight excluding hydrogens is 266 g/mol. The molecule has 0 aromatic heterocycles. The molecule has 21 heavy (non-hydrogen) atoms. The first-order valence-corrected chi connectivity index (χ1v) is 7.24. The summed E-state index contributed by atoms with van der Waals surface area (Å²) in [6.45, 7) is 4.05. The number of carbonyl (C=O) groups is 2. The minimum Gasteiger partial charge on any atom is -0.481 e. The molecule has 1 aromatic rings. The Morgan fingerprint density at radius 2 is 2.05 bits per heavy atom. The van der Waals surface area contributed by atoms with Crippen LogP contribution >= 0.6 is 0 Å². The molecule has 2 atom stereocenters. The molecule has 0 heterocycles. The summed E-state index contributed by atoms with van der Waals surface area (Å²) in [4.78, 5) is 22.8. The second-order valence-corrected chi connectivity index (χ2v) is 5.75. The average molecular weight is 287 g/mol. The maximum absolute atomic E-state index is 11.9. The van der Waals surface area contributed by atoms with Crippen LogP contribution in [-0.4, -0.2) is 23.0 Å². The highest BCUT2D eigenvalue weighted by molar-refractivity contribution is 5.92. The quantitative estimate of drug-likeness (QED) is 0.837. The van der Waals surface area contributed by atoms with Gasteiger partial charge in [0, 0.05) is 12.1 Å². The fourth-order valence-corrected chi connectivity index (χ4v) is 2.76. The van der Waals surface area contributed by atoms with Crippen LogP contribution < -0.4 is 5.32 Å². The first kappa shape index (κ1) is 15.3. The van der Waals surface area contributed by atoms with Gasteiger partial charge in [-0.3, -0.25) is 9.59 Å². The molecule has 1 aliphatic rings. The first-order chi connectivity index (χ1) is 9.95. The number of carbonyl (C=O) groups excluding carboxylic acids is 1. The highest BCUT2D eigenvalue weighted by atomic mass is 16.4. The molecule has 0 unspecified atom stereocenters. The zero-order valence-corrected chi connectivity index (χ0v) is 12.4. The van der Waals surface area contributed by atoms with Crippen LogP contribution in [0.25, 0.3) is 6.08 Å². The molecule has 1 amide bonds. The Balaban J connectivity index is 1.90. The number of hydrogen-bond donors (Lipinski definition) is 2. The van der Waals surface area contributed by atoms with E-state index in [1.807, 2.05) is 26.0 Å². The Morgan fingerprint density at radius 1 is 1.29 bits per heavy atom. The summed E-state index contributed by atoms with van der Waals surface area (Å²) in [7, 11) is 0. The molecule has 0 spiro atoms. The van der Waals surface area contributed by atoms with E-state index in [1.165, 1.54) is 11.6 Å². The molecule has 1 aromatic carbocycles. The van der Waals surface area contributed by atoms with Crippen LogP contribution in [0.5, 0.6) is 0 Å². The van der Waals surface area contributed by atoms with Crippen molar-refractivity contribution < 1.29 is 14.7 Å². The van der Waals surface area contributed by atoms with E-state index in [4.69, 9.17) is 5.11 Å². The molecule has 1 aliphatic carbocycles. The molecule has 4 nitrogen and oxygen atoms in total. The summed E-state index contributed by atoms with van der Waals surface area (Å²) < 4.78 is 0. The number of nitrogens with one attached hydrogen (secondary N) is 1. The van der Waals surface area contributed by atoms with E-state index in [9.17, 15) is 9.59 Å². The SMILES string of the molecule is Cc1ccc(/C=C/C(=O)N[C@H]2CC[C@@H](C(=O)O)C2)c(C)c1. The van der Waals surface area contributed by atoms with Crippen LogP contribution in [0, 0.1) is 19.8 Å². The molecule has 0 aliphatic heterocycles. The molecule has 112 valence electrons. The number of carboxylic acid groups (broad SMARTS) is 1. The van der Waals surface area contributed by atoms with Gasteiger partial charge in [0.25, 0.3) is 0 Å². The van der Waals surface area contributed by atoms with Gasteiger partial charge in [0.1, 0.15) is 0 Å². The molecule has 1 fully saturated rings. The van der Waals surface area contributed by atoms with E-state index in [0.29, 0.717) is 12.8 Å². The number of aryl methyl sites for hydroxylation is 2. The van der Waals surface area contributed by atoms with Gasteiger partial charge in [0.15, 0.2) is 0 Å². The van der Waals surface area contributed by atoms with Gasteiger partial charge in [-0.2, -0.15) is 0 Å². The van der Waals surface area contributed by atoms with Gasteiger partial charge in [-0.05, 0) is 50.3 Å². The first-order valence-electron chi connectivity index (χ1n) is 7.24. The topological polar surface area (TPSA) is 66.4 Å². The summed E-state index contributed by atoms with van der Waals surface area (Å²) in [5, 5.41) is 11.8. The summed E-state index contributed by atoms with van der Waals surface area (Å²) in [6.07, 6.45) is 5.22. The predicted molar refractivity (Wildman–Crippen MR) is 81.9 cm³/mol. The molecule has 0 saturated heterocycles. The van der Waals surface area contributed by atoms with E-state index in [1.54, 1.807) is 6.08 Å². The lowest BCUT2D eigenvalue weighted by Crippen LogP contribution is -2.31. The van der Waals surface area contributed by atoms with Crippen LogP contribution in [0.1, 0.15) is 36.0 Å². The van der Waals surface area contributed by atoms with E-state index in [0.717, 1.165) is 17.5 Å². The van der Waals surface area contributed by atoms with Crippen molar-refractivity contribution in [2.24, 2.45) is 5.92 Å². The Hall–Kier alpha value is -2.10. The van der Waals surface area contributed by atoms with Crippen molar-refractivity contribution in [3.8, 4) is 0 Å². The van der Waals surface area contributed by atoms with E-state index in [2.05, 4.69) is 11.4 Å². The van der Waals surface area contributed by atoms with E-state index >= 15 is 0 Å². The monoisotopic (exact) mass is 287 g/mol. The van der Waals surface area contributed by atoms with Crippen molar-refractivity contribution in [1.82, 2.24) is 5.32 Å². The second kappa shape index (κ2) is 6.57. The number of amides is 1. The van der Waals surface area contributed by atoms with Crippen LogP contribution in [0.2, 0.25) is 0 Å². The van der Waals surface area contributed by atoms with Crippen LogP contribution in [0.15, 0.2) is 24.3 Å².